The Morgan fingerprint density at radius 1 is 1.50 bits per heavy atom. The van der Waals surface area contributed by atoms with Crippen LogP contribution in [0.3, 0.4) is 0 Å². The number of fused-ring (bicyclic) bond motifs is 1. The first-order chi connectivity index (χ1) is 9.50. The Bertz CT molecular complexity index is 683. The van der Waals surface area contributed by atoms with Gasteiger partial charge in [-0.05, 0) is 20.3 Å². The quantitative estimate of drug-likeness (QED) is 0.845. The van der Waals surface area contributed by atoms with Crippen LogP contribution in [-0.4, -0.2) is 32.0 Å². The summed E-state index contributed by atoms with van der Waals surface area (Å²) in [4.78, 5) is 11.4. The van der Waals surface area contributed by atoms with Gasteiger partial charge in [-0.2, -0.15) is 10.2 Å². The molecular weight excluding hydrogens is 256 g/mol. The maximum absolute atomic E-state index is 11.4. The maximum Gasteiger partial charge on any atom is 0.254 e. The molecule has 0 fully saturated rings. The molecule has 2 aromatic rings. The monoisotopic (exact) mass is 274 g/mol. The molecule has 0 aliphatic carbocycles. The van der Waals surface area contributed by atoms with E-state index in [0.717, 1.165) is 24.4 Å². The van der Waals surface area contributed by atoms with Crippen molar-refractivity contribution in [2.75, 3.05) is 11.9 Å². The van der Waals surface area contributed by atoms with Gasteiger partial charge in [-0.1, -0.05) is 0 Å². The van der Waals surface area contributed by atoms with E-state index in [9.17, 15) is 4.79 Å². The second kappa shape index (κ2) is 4.36. The fourth-order valence-corrected chi connectivity index (χ4v) is 2.94. The van der Waals surface area contributed by atoms with Crippen molar-refractivity contribution in [1.82, 2.24) is 19.6 Å². The van der Waals surface area contributed by atoms with Crippen LogP contribution in [0, 0.1) is 13.8 Å². The smallest absolute Gasteiger partial charge is 0.254 e. The Kier molecular flexibility index (Phi) is 2.77. The maximum atomic E-state index is 11.4. The number of carbonyl (C=O) groups excluding carboxylic acids is 1. The van der Waals surface area contributed by atoms with Gasteiger partial charge in [-0.15, -0.1) is 0 Å². The van der Waals surface area contributed by atoms with E-state index in [-0.39, 0.29) is 6.04 Å². The topological polar surface area (TPSA) is 90.8 Å². The van der Waals surface area contributed by atoms with E-state index in [1.165, 1.54) is 11.8 Å². The number of hydrogen-bond donors (Lipinski definition) is 2. The van der Waals surface area contributed by atoms with E-state index in [1.54, 1.807) is 0 Å². The molecule has 3 heterocycles. The van der Waals surface area contributed by atoms with Crippen LogP contribution < -0.4 is 11.1 Å². The molecule has 20 heavy (non-hydrogen) atoms. The highest BCUT2D eigenvalue weighted by Gasteiger charge is 2.29. The number of primary amides is 1. The highest BCUT2D eigenvalue weighted by molar-refractivity contribution is 5.97. The number of carbonyl (C=O) groups is 1. The molecule has 0 bridgehead atoms. The molecule has 7 heteroatoms. The van der Waals surface area contributed by atoms with Crippen molar-refractivity contribution in [1.29, 1.82) is 0 Å². The molecule has 106 valence electrons. The molecule has 1 aliphatic rings. The number of anilines is 1. The molecule has 1 amide bonds. The molecule has 1 atom stereocenters. The molecular formula is C13H18N6O. The van der Waals surface area contributed by atoms with Crippen molar-refractivity contribution >= 4 is 11.7 Å². The predicted molar refractivity (Wildman–Crippen MR) is 74.7 cm³/mol. The van der Waals surface area contributed by atoms with Gasteiger partial charge < -0.3 is 11.1 Å². The SMILES string of the molecule is Cc1nn(C)c(C)c1C1CCNc2c(C(N)=O)cnn21. The number of nitrogens with two attached hydrogens (primary N) is 1. The first-order valence-electron chi connectivity index (χ1n) is 6.62. The zero-order valence-corrected chi connectivity index (χ0v) is 11.8. The van der Waals surface area contributed by atoms with Gasteiger partial charge in [0, 0.05) is 24.8 Å². The number of aromatic nitrogens is 4. The third kappa shape index (κ3) is 1.70. The van der Waals surface area contributed by atoms with E-state index in [1.807, 2.05) is 23.3 Å². The van der Waals surface area contributed by atoms with Gasteiger partial charge in [0.1, 0.15) is 11.4 Å². The van der Waals surface area contributed by atoms with Crippen molar-refractivity contribution in [3.63, 3.8) is 0 Å². The third-order valence-corrected chi connectivity index (χ3v) is 3.96. The van der Waals surface area contributed by atoms with Crippen LogP contribution in [0.4, 0.5) is 5.82 Å². The van der Waals surface area contributed by atoms with E-state index >= 15 is 0 Å². The number of aryl methyl sites for hydroxylation is 2. The Morgan fingerprint density at radius 2 is 2.25 bits per heavy atom. The van der Waals surface area contributed by atoms with Crippen LogP contribution in [0.5, 0.6) is 0 Å². The fourth-order valence-electron chi connectivity index (χ4n) is 2.94. The summed E-state index contributed by atoms with van der Waals surface area (Å²) < 4.78 is 3.73. The molecule has 3 rings (SSSR count). The van der Waals surface area contributed by atoms with E-state index in [2.05, 4.69) is 22.4 Å². The van der Waals surface area contributed by atoms with Gasteiger partial charge in [0.2, 0.25) is 0 Å². The van der Waals surface area contributed by atoms with Gasteiger partial charge in [-0.25, -0.2) is 4.68 Å². The molecule has 0 saturated carbocycles. The summed E-state index contributed by atoms with van der Waals surface area (Å²) in [5, 5.41) is 12.0. The molecule has 0 saturated heterocycles. The predicted octanol–water partition coefficient (Wildman–Crippen LogP) is 0.737. The molecule has 0 radical (unpaired) electrons. The highest BCUT2D eigenvalue weighted by Crippen LogP contribution is 2.34. The van der Waals surface area contributed by atoms with Crippen LogP contribution in [-0.2, 0) is 7.05 Å². The minimum absolute atomic E-state index is 0.0908. The van der Waals surface area contributed by atoms with Crippen LogP contribution in [0.15, 0.2) is 6.20 Å². The van der Waals surface area contributed by atoms with Gasteiger partial charge in [0.15, 0.2) is 0 Å². The lowest BCUT2D eigenvalue weighted by molar-refractivity contribution is 0.100. The van der Waals surface area contributed by atoms with Crippen LogP contribution in [0.2, 0.25) is 0 Å². The normalized spacial score (nSPS) is 17.6. The summed E-state index contributed by atoms with van der Waals surface area (Å²) in [5.74, 6) is 0.246. The van der Waals surface area contributed by atoms with Crippen LogP contribution in [0.25, 0.3) is 0 Å². The Balaban J connectivity index is 2.13. The number of nitrogens with zero attached hydrogens (tertiary/aromatic N) is 4. The lowest BCUT2D eigenvalue weighted by Crippen LogP contribution is -2.26. The summed E-state index contributed by atoms with van der Waals surface area (Å²) in [6.45, 7) is 4.84. The molecule has 3 N–H and O–H groups in total. The summed E-state index contributed by atoms with van der Waals surface area (Å²) in [6, 6.07) is 0.0908. The number of hydrogen-bond acceptors (Lipinski definition) is 4. The first kappa shape index (κ1) is 12.7. The minimum atomic E-state index is -0.459. The van der Waals surface area contributed by atoms with Crippen molar-refractivity contribution in [2.24, 2.45) is 12.8 Å². The number of rotatable bonds is 2. The van der Waals surface area contributed by atoms with E-state index in [0.29, 0.717) is 11.4 Å². The molecule has 0 spiro atoms. The second-order valence-corrected chi connectivity index (χ2v) is 5.16. The van der Waals surface area contributed by atoms with Crippen molar-refractivity contribution < 1.29 is 4.79 Å². The van der Waals surface area contributed by atoms with Crippen LogP contribution in [0.1, 0.15) is 39.8 Å². The van der Waals surface area contributed by atoms with Crippen molar-refractivity contribution in [3.8, 4) is 0 Å². The first-order valence-corrected chi connectivity index (χ1v) is 6.62. The molecule has 1 aliphatic heterocycles. The molecule has 2 aromatic heterocycles. The lowest BCUT2D eigenvalue weighted by atomic mass is 10.0. The standard InChI is InChI=1S/C13H18N6O/c1-7-11(8(2)18(3)17-7)10-4-5-15-13-9(12(14)20)6-16-19(10)13/h6,10,15H,4-5H2,1-3H3,(H2,14,20). The highest BCUT2D eigenvalue weighted by atomic mass is 16.1. The molecule has 0 aromatic carbocycles. The Hall–Kier alpha value is -2.31. The van der Waals surface area contributed by atoms with E-state index in [4.69, 9.17) is 5.73 Å². The summed E-state index contributed by atoms with van der Waals surface area (Å²) >= 11 is 0. The second-order valence-electron chi connectivity index (χ2n) is 5.16. The van der Waals surface area contributed by atoms with Crippen molar-refractivity contribution in [3.05, 3.63) is 28.7 Å². The summed E-state index contributed by atoms with van der Waals surface area (Å²) in [6.07, 6.45) is 2.43. The Labute approximate surface area is 116 Å². The zero-order valence-electron chi connectivity index (χ0n) is 11.8. The molecule has 7 nitrogen and oxygen atoms in total. The number of nitrogens with one attached hydrogen (secondary N) is 1. The van der Waals surface area contributed by atoms with Crippen molar-refractivity contribution in [2.45, 2.75) is 26.3 Å². The zero-order chi connectivity index (χ0) is 14.4. The van der Waals surface area contributed by atoms with Gasteiger partial charge in [0.05, 0.1) is 17.9 Å². The fraction of sp³-hybridized carbons (Fsp3) is 0.462. The van der Waals surface area contributed by atoms with E-state index < -0.39 is 5.91 Å². The average Bonchev–Trinajstić information content (AvgIpc) is 2.92. The average molecular weight is 274 g/mol. The van der Waals surface area contributed by atoms with Gasteiger partial charge in [-0.3, -0.25) is 9.48 Å². The van der Waals surface area contributed by atoms with Gasteiger partial charge >= 0.3 is 0 Å². The lowest BCUT2D eigenvalue weighted by Gasteiger charge is -2.26. The summed E-state index contributed by atoms with van der Waals surface area (Å²) in [5.41, 5.74) is 9.12. The largest absolute Gasteiger partial charge is 0.369 e. The van der Waals surface area contributed by atoms with Gasteiger partial charge in [0.25, 0.3) is 5.91 Å². The number of amides is 1. The molecule has 1 unspecified atom stereocenters. The van der Waals surface area contributed by atoms with Crippen LogP contribution >= 0.6 is 0 Å². The Morgan fingerprint density at radius 3 is 2.85 bits per heavy atom. The minimum Gasteiger partial charge on any atom is -0.369 e. The summed E-state index contributed by atoms with van der Waals surface area (Å²) in [7, 11) is 1.94. The third-order valence-electron chi connectivity index (χ3n) is 3.96.